The molecule has 0 fully saturated rings. The number of nitrogen functional groups attached to an aromatic ring is 1. The highest BCUT2D eigenvalue weighted by Crippen LogP contribution is 2.33. The van der Waals surface area contributed by atoms with Crippen LogP contribution in [0, 0.1) is 17.5 Å². The molecule has 0 saturated heterocycles. The van der Waals surface area contributed by atoms with Gasteiger partial charge in [0.2, 0.25) is 5.43 Å². The van der Waals surface area contributed by atoms with E-state index >= 15 is 0 Å². The lowest BCUT2D eigenvalue weighted by molar-refractivity contribution is 0.231. The number of aromatic nitrogens is 4. The summed E-state index contributed by atoms with van der Waals surface area (Å²) in [5.74, 6) is -1.25. The van der Waals surface area contributed by atoms with Crippen molar-refractivity contribution in [3.8, 4) is 28.1 Å². The van der Waals surface area contributed by atoms with Crippen LogP contribution in [0.5, 0.6) is 5.75 Å². The smallest absolute Gasteiger partial charge is 0.203 e. The number of ether oxygens (including phenoxy) is 1. The zero-order valence-electron chi connectivity index (χ0n) is 22.6. The fourth-order valence-electron chi connectivity index (χ4n) is 4.92. The quantitative estimate of drug-likeness (QED) is 0.240. The second-order valence-electron chi connectivity index (χ2n) is 9.94. The first-order chi connectivity index (χ1) is 20.2. The van der Waals surface area contributed by atoms with E-state index in [1.807, 2.05) is 0 Å². The number of fused-ring (bicyclic) bond motifs is 2. The Morgan fingerprint density at radius 1 is 0.952 bits per heavy atom. The number of rotatable bonds is 7. The van der Waals surface area contributed by atoms with Crippen LogP contribution in [0.4, 0.5) is 19.0 Å². The van der Waals surface area contributed by atoms with Gasteiger partial charge >= 0.3 is 0 Å². The summed E-state index contributed by atoms with van der Waals surface area (Å²) in [6.07, 6.45) is 1.22. The van der Waals surface area contributed by atoms with Gasteiger partial charge in [0.1, 0.15) is 46.2 Å². The van der Waals surface area contributed by atoms with E-state index in [4.69, 9.17) is 14.9 Å². The van der Waals surface area contributed by atoms with E-state index < -0.39 is 22.9 Å². The molecule has 6 rings (SSSR count). The number of anilines is 1. The second-order valence-corrected chi connectivity index (χ2v) is 9.94. The Labute approximate surface area is 237 Å². The summed E-state index contributed by atoms with van der Waals surface area (Å²) in [6.45, 7) is 3.76. The van der Waals surface area contributed by atoms with Crippen LogP contribution in [0.2, 0.25) is 0 Å². The molecular weight excluding hydrogens is 547 g/mol. The maximum absolute atomic E-state index is 14.9. The lowest BCUT2D eigenvalue weighted by atomic mass is 10.0. The average molecular weight is 572 g/mol. The Bertz CT molecular complexity index is 2020. The maximum Gasteiger partial charge on any atom is 0.203 e. The van der Waals surface area contributed by atoms with Crippen molar-refractivity contribution in [2.45, 2.75) is 32.9 Å². The van der Waals surface area contributed by atoms with E-state index in [1.54, 1.807) is 24.6 Å². The molecule has 42 heavy (non-hydrogen) atoms. The molecule has 0 bridgehead atoms. The van der Waals surface area contributed by atoms with E-state index in [9.17, 15) is 18.0 Å². The summed E-state index contributed by atoms with van der Waals surface area (Å²) >= 11 is 0. The molecule has 0 aliphatic rings. The molecule has 0 saturated carbocycles. The fraction of sp³-hybridized carbons (Fsp3) is 0.161. The van der Waals surface area contributed by atoms with E-state index in [-0.39, 0.29) is 52.9 Å². The minimum atomic E-state index is -0.719. The van der Waals surface area contributed by atoms with Gasteiger partial charge in [0, 0.05) is 12.0 Å². The minimum Gasteiger partial charge on any atom is -0.488 e. The van der Waals surface area contributed by atoms with E-state index in [0.29, 0.717) is 27.9 Å². The van der Waals surface area contributed by atoms with Crippen molar-refractivity contribution in [1.82, 2.24) is 19.7 Å². The normalized spacial score (nSPS) is 11.6. The van der Waals surface area contributed by atoms with Crippen LogP contribution in [-0.2, 0) is 13.0 Å². The van der Waals surface area contributed by atoms with Crippen molar-refractivity contribution in [3.63, 3.8) is 0 Å². The third-order valence-corrected chi connectivity index (χ3v) is 6.75. The van der Waals surface area contributed by atoms with Crippen LogP contribution in [0.1, 0.15) is 19.6 Å². The van der Waals surface area contributed by atoms with E-state index in [0.717, 1.165) is 0 Å². The lowest BCUT2D eigenvalue weighted by Crippen LogP contribution is -2.13. The van der Waals surface area contributed by atoms with Gasteiger partial charge in [0.15, 0.2) is 17.2 Å². The predicted octanol–water partition coefficient (Wildman–Crippen LogP) is 6.30. The lowest BCUT2D eigenvalue weighted by Gasteiger charge is -2.11. The van der Waals surface area contributed by atoms with Gasteiger partial charge in [0.05, 0.1) is 23.6 Å². The molecule has 2 N–H and O–H groups in total. The molecule has 0 aliphatic carbocycles. The van der Waals surface area contributed by atoms with E-state index in [2.05, 4.69) is 15.1 Å². The molecule has 0 unspecified atom stereocenters. The highest BCUT2D eigenvalue weighted by atomic mass is 19.1. The zero-order chi connectivity index (χ0) is 29.5. The molecule has 0 spiro atoms. The first-order valence-corrected chi connectivity index (χ1v) is 13.1. The molecule has 6 aromatic rings. The van der Waals surface area contributed by atoms with Crippen molar-refractivity contribution in [2.24, 2.45) is 0 Å². The molecule has 3 aromatic heterocycles. The second kappa shape index (κ2) is 10.7. The van der Waals surface area contributed by atoms with Gasteiger partial charge in [-0.1, -0.05) is 18.2 Å². The number of hydrogen-bond donors (Lipinski definition) is 1. The third kappa shape index (κ3) is 4.83. The molecule has 3 aromatic carbocycles. The van der Waals surface area contributed by atoms with Crippen molar-refractivity contribution < 1.29 is 22.3 Å². The van der Waals surface area contributed by atoms with Crippen LogP contribution in [0.25, 0.3) is 44.4 Å². The van der Waals surface area contributed by atoms with Crippen molar-refractivity contribution in [1.29, 1.82) is 0 Å². The average Bonchev–Trinajstić information content (AvgIpc) is 3.33. The standard InChI is InChI=1S/C31H24F3N5O3/c1-16(2)41-22-11-8-18(14-21(22)34)28-27-30(35)36-15-37-31(27)39(38-28)13-12-24-25(17-6-9-19(32)10-7-17)29(40)26-20(33)4-3-5-23(26)42-24/h3-11,14-16H,12-13H2,1-2H3,(H2,35,36,37). The Hall–Kier alpha value is -5.19. The number of nitrogens with zero attached hydrogens (tertiary/aromatic N) is 4. The topological polar surface area (TPSA) is 109 Å². The van der Waals surface area contributed by atoms with Gasteiger partial charge in [0.25, 0.3) is 0 Å². The third-order valence-electron chi connectivity index (χ3n) is 6.75. The molecule has 0 atom stereocenters. The molecule has 0 amide bonds. The fourth-order valence-corrected chi connectivity index (χ4v) is 4.92. The van der Waals surface area contributed by atoms with E-state index in [1.165, 1.54) is 60.9 Å². The largest absolute Gasteiger partial charge is 0.488 e. The Morgan fingerprint density at radius 2 is 1.71 bits per heavy atom. The predicted molar refractivity (Wildman–Crippen MR) is 152 cm³/mol. The van der Waals surface area contributed by atoms with Crippen LogP contribution >= 0.6 is 0 Å². The summed E-state index contributed by atoms with van der Waals surface area (Å²) in [5, 5.41) is 4.91. The number of hydrogen-bond acceptors (Lipinski definition) is 7. The minimum absolute atomic E-state index is 0.0811. The van der Waals surface area contributed by atoms with Gasteiger partial charge in [-0.25, -0.2) is 27.8 Å². The molecule has 8 nitrogen and oxygen atoms in total. The van der Waals surface area contributed by atoms with Gasteiger partial charge in [-0.3, -0.25) is 4.79 Å². The van der Waals surface area contributed by atoms with Gasteiger partial charge in [-0.05, 0) is 61.9 Å². The van der Waals surface area contributed by atoms with Crippen LogP contribution < -0.4 is 15.9 Å². The Morgan fingerprint density at radius 3 is 2.45 bits per heavy atom. The molecule has 212 valence electrons. The number of nitrogens with two attached hydrogens (primary N) is 1. The van der Waals surface area contributed by atoms with Crippen molar-refractivity contribution >= 4 is 27.8 Å². The first kappa shape index (κ1) is 27.0. The highest BCUT2D eigenvalue weighted by Gasteiger charge is 2.22. The summed E-state index contributed by atoms with van der Waals surface area (Å²) in [4.78, 5) is 22.0. The van der Waals surface area contributed by atoms with Gasteiger partial charge < -0.3 is 14.9 Å². The highest BCUT2D eigenvalue weighted by molar-refractivity contribution is 5.98. The maximum atomic E-state index is 14.9. The van der Waals surface area contributed by atoms with Crippen LogP contribution in [0.15, 0.2) is 76.2 Å². The van der Waals surface area contributed by atoms with Crippen molar-refractivity contribution in [3.05, 3.63) is 100 Å². The Kier molecular flexibility index (Phi) is 6.85. The van der Waals surface area contributed by atoms with Crippen LogP contribution in [0.3, 0.4) is 0 Å². The molecule has 0 aliphatic heterocycles. The number of halogens is 3. The van der Waals surface area contributed by atoms with Crippen molar-refractivity contribution in [2.75, 3.05) is 5.73 Å². The number of aryl methyl sites for hydroxylation is 2. The van der Waals surface area contributed by atoms with Crippen LogP contribution in [-0.4, -0.2) is 25.9 Å². The first-order valence-electron chi connectivity index (χ1n) is 13.1. The molecule has 11 heteroatoms. The SMILES string of the molecule is CC(C)Oc1ccc(-c2nn(CCc3oc4cccc(F)c4c(=O)c3-c3ccc(F)cc3)c3ncnc(N)c23)cc1F. The number of benzene rings is 3. The summed E-state index contributed by atoms with van der Waals surface area (Å²) in [5.41, 5.74) is 7.39. The summed E-state index contributed by atoms with van der Waals surface area (Å²) in [6, 6.07) is 13.9. The van der Waals surface area contributed by atoms with Gasteiger partial charge in [-0.15, -0.1) is 0 Å². The zero-order valence-corrected chi connectivity index (χ0v) is 22.6. The monoisotopic (exact) mass is 571 g/mol. The molecule has 3 heterocycles. The van der Waals surface area contributed by atoms with Gasteiger partial charge in [-0.2, -0.15) is 5.10 Å². The summed E-state index contributed by atoms with van der Waals surface area (Å²) in [7, 11) is 0. The molecule has 0 radical (unpaired) electrons. The summed E-state index contributed by atoms with van der Waals surface area (Å²) < 4.78 is 56.4. The molecular formula is C31H24F3N5O3. The Balaban J connectivity index is 1.45.